The number of benzene rings is 1. The highest BCUT2D eigenvalue weighted by atomic mass is 32.2. The minimum absolute atomic E-state index is 0.0422. The third-order valence-electron chi connectivity index (χ3n) is 3.53. The summed E-state index contributed by atoms with van der Waals surface area (Å²) in [6.45, 7) is 1.72. The molecule has 0 spiro atoms. The number of hydrogen-bond donors (Lipinski definition) is 1. The number of nitrogens with one attached hydrogen (secondary N) is 1. The van der Waals surface area contributed by atoms with Crippen molar-refractivity contribution in [1.82, 2.24) is 20.1 Å². The van der Waals surface area contributed by atoms with Gasteiger partial charge in [-0.25, -0.2) is 0 Å². The number of para-hydroxylation sites is 1. The van der Waals surface area contributed by atoms with Crippen LogP contribution in [0, 0.1) is 0 Å². The molecular formula is C18H20N4O2S2. The van der Waals surface area contributed by atoms with E-state index in [-0.39, 0.29) is 5.91 Å². The van der Waals surface area contributed by atoms with Gasteiger partial charge >= 0.3 is 0 Å². The maximum atomic E-state index is 12.0. The zero-order valence-corrected chi connectivity index (χ0v) is 15.8. The molecule has 0 aliphatic rings. The summed E-state index contributed by atoms with van der Waals surface area (Å²) in [5, 5.41) is 13.7. The monoisotopic (exact) mass is 388 g/mol. The Morgan fingerprint density at radius 2 is 2.12 bits per heavy atom. The Kier molecular flexibility index (Phi) is 7.09. The van der Waals surface area contributed by atoms with Crippen LogP contribution in [0.3, 0.4) is 0 Å². The van der Waals surface area contributed by atoms with Crippen LogP contribution in [0.25, 0.3) is 0 Å². The number of hydrogen-bond acceptors (Lipinski definition) is 6. The lowest BCUT2D eigenvalue weighted by Gasteiger charge is -2.08. The maximum absolute atomic E-state index is 12.0. The molecule has 0 fully saturated rings. The summed E-state index contributed by atoms with van der Waals surface area (Å²) in [6, 6.07) is 13.7. The van der Waals surface area contributed by atoms with Crippen LogP contribution in [0.1, 0.15) is 4.88 Å². The number of amides is 1. The van der Waals surface area contributed by atoms with Crippen molar-refractivity contribution in [3.05, 3.63) is 59.0 Å². The van der Waals surface area contributed by atoms with Crippen molar-refractivity contribution in [2.45, 2.75) is 18.1 Å². The Balaban J connectivity index is 1.34. The third-order valence-corrected chi connectivity index (χ3v) is 5.44. The minimum Gasteiger partial charge on any atom is -0.492 e. The molecule has 0 radical (unpaired) electrons. The third kappa shape index (κ3) is 5.89. The fourth-order valence-electron chi connectivity index (χ4n) is 2.25. The first kappa shape index (κ1) is 18.5. The molecule has 0 atom stereocenters. The van der Waals surface area contributed by atoms with Gasteiger partial charge in [-0.05, 0) is 30.0 Å². The van der Waals surface area contributed by atoms with E-state index in [0.29, 0.717) is 18.9 Å². The molecule has 0 aliphatic carbocycles. The van der Waals surface area contributed by atoms with Gasteiger partial charge in [0, 0.05) is 11.4 Å². The van der Waals surface area contributed by atoms with Crippen LogP contribution in [0.2, 0.25) is 0 Å². The maximum Gasteiger partial charge on any atom is 0.230 e. The van der Waals surface area contributed by atoms with Crippen LogP contribution in [-0.2, 0) is 17.8 Å². The van der Waals surface area contributed by atoms with Crippen molar-refractivity contribution >= 4 is 29.0 Å². The van der Waals surface area contributed by atoms with Gasteiger partial charge in [0.25, 0.3) is 0 Å². The number of nitrogens with zero attached hydrogens (tertiary/aromatic N) is 3. The molecule has 1 aromatic carbocycles. The number of carbonyl (C=O) groups excluding carboxylic acids is 1. The van der Waals surface area contributed by atoms with E-state index >= 15 is 0 Å². The number of carbonyl (C=O) groups is 1. The SMILES string of the molecule is O=C(CSc1nncn1CCc1cccs1)NCCOc1ccccc1. The van der Waals surface area contributed by atoms with Crippen LogP contribution < -0.4 is 10.1 Å². The van der Waals surface area contributed by atoms with Crippen molar-refractivity contribution in [2.75, 3.05) is 18.9 Å². The highest BCUT2D eigenvalue weighted by Gasteiger charge is 2.09. The molecule has 8 heteroatoms. The van der Waals surface area contributed by atoms with Gasteiger partial charge in [-0.15, -0.1) is 21.5 Å². The summed E-state index contributed by atoms with van der Waals surface area (Å²) in [6.07, 6.45) is 2.65. The van der Waals surface area contributed by atoms with E-state index in [0.717, 1.165) is 23.9 Å². The van der Waals surface area contributed by atoms with Crippen molar-refractivity contribution in [3.63, 3.8) is 0 Å². The zero-order valence-electron chi connectivity index (χ0n) is 14.2. The first-order valence-electron chi connectivity index (χ1n) is 8.29. The quantitative estimate of drug-likeness (QED) is 0.427. The van der Waals surface area contributed by atoms with Crippen LogP contribution in [0.4, 0.5) is 0 Å². The lowest BCUT2D eigenvalue weighted by molar-refractivity contribution is -0.118. The van der Waals surface area contributed by atoms with E-state index in [1.807, 2.05) is 41.0 Å². The van der Waals surface area contributed by atoms with Crippen molar-refractivity contribution in [3.8, 4) is 5.75 Å². The average molecular weight is 389 g/mol. The van der Waals surface area contributed by atoms with Crippen molar-refractivity contribution in [1.29, 1.82) is 0 Å². The van der Waals surface area contributed by atoms with Gasteiger partial charge in [-0.2, -0.15) is 0 Å². The molecule has 0 saturated carbocycles. The molecule has 1 N–H and O–H groups in total. The Bertz CT molecular complexity index is 791. The molecule has 1 amide bonds. The lowest BCUT2D eigenvalue weighted by Crippen LogP contribution is -2.29. The molecule has 2 heterocycles. The number of thioether (sulfide) groups is 1. The van der Waals surface area contributed by atoms with Gasteiger partial charge in [0.2, 0.25) is 5.91 Å². The van der Waals surface area contributed by atoms with Gasteiger partial charge in [0.05, 0.1) is 12.3 Å². The van der Waals surface area contributed by atoms with E-state index in [9.17, 15) is 4.79 Å². The first-order valence-corrected chi connectivity index (χ1v) is 10.2. The summed E-state index contributed by atoms with van der Waals surface area (Å²) in [4.78, 5) is 13.3. The van der Waals surface area contributed by atoms with Gasteiger partial charge in [-0.3, -0.25) is 4.79 Å². The normalized spacial score (nSPS) is 10.6. The smallest absolute Gasteiger partial charge is 0.230 e. The Morgan fingerprint density at radius 3 is 2.92 bits per heavy atom. The van der Waals surface area contributed by atoms with E-state index in [2.05, 4.69) is 27.0 Å². The van der Waals surface area contributed by atoms with E-state index in [1.54, 1.807) is 17.7 Å². The van der Waals surface area contributed by atoms with Gasteiger partial charge < -0.3 is 14.6 Å². The molecule has 0 bridgehead atoms. The summed E-state index contributed by atoms with van der Waals surface area (Å²) < 4.78 is 7.53. The van der Waals surface area contributed by atoms with E-state index in [4.69, 9.17) is 4.74 Å². The topological polar surface area (TPSA) is 69.0 Å². The molecule has 3 rings (SSSR count). The van der Waals surface area contributed by atoms with Crippen LogP contribution in [-0.4, -0.2) is 39.6 Å². The fraction of sp³-hybridized carbons (Fsp3) is 0.278. The van der Waals surface area contributed by atoms with Crippen LogP contribution in [0.5, 0.6) is 5.75 Å². The lowest BCUT2D eigenvalue weighted by atomic mass is 10.3. The summed E-state index contributed by atoms with van der Waals surface area (Å²) in [5.74, 6) is 1.07. The second-order valence-corrected chi connectivity index (χ2v) is 7.41. The highest BCUT2D eigenvalue weighted by molar-refractivity contribution is 7.99. The average Bonchev–Trinajstić information content (AvgIpc) is 3.34. The second kappa shape index (κ2) is 9.98. The molecule has 136 valence electrons. The van der Waals surface area contributed by atoms with Crippen molar-refractivity contribution in [2.24, 2.45) is 0 Å². The number of rotatable bonds is 10. The second-order valence-electron chi connectivity index (χ2n) is 5.44. The zero-order chi connectivity index (χ0) is 18.0. The molecule has 0 aliphatic heterocycles. The fourth-order valence-corrected chi connectivity index (χ4v) is 3.72. The van der Waals surface area contributed by atoms with Crippen LogP contribution in [0.15, 0.2) is 59.3 Å². The van der Waals surface area contributed by atoms with E-state index < -0.39 is 0 Å². The molecule has 0 saturated heterocycles. The Labute approximate surface area is 160 Å². The van der Waals surface area contributed by atoms with Crippen LogP contribution >= 0.6 is 23.1 Å². The summed E-state index contributed by atoms with van der Waals surface area (Å²) >= 11 is 3.13. The number of aryl methyl sites for hydroxylation is 2. The van der Waals surface area contributed by atoms with Gasteiger partial charge in [-0.1, -0.05) is 36.0 Å². The largest absolute Gasteiger partial charge is 0.492 e. The number of aromatic nitrogens is 3. The standard InChI is InChI=1S/C18H20N4O2S2/c23-17(19-9-11-24-15-5-2-1-3-6-15)13-26-18-21-20-14-22(18)10-8-16-7-4-12-25-16/h1-7,12,14H,8-11,13H2,(H,19,23). The molecule has 26 heavy (non-hydrogen) atoms. The number of thiophene rings is 1. The van der Waals surface area contributed by atoms with Crippen molar-refractivity contribution < 1.29 is 9.53 Å². The molecule has 0 unspecified atom stereocenters. The predicted molar refractivity (Wildman–Crippen MR) is 104 cm³/mol. The van der Waals surface area contributed by atoms with E-state index in [1.165, 1.54) is 16.6 Å². The molecular weight excluding hydrogens is 368 g/mol. The predicted octanol–water partition coefficient (Wildman–Crippen LogP) is 2.87. The highest BCUT2D eigenvalue weighted by Crippen LogP contribution is 2.16. The minimum atomic E-state index is -0.0422. The molecule has 6 nitrogen and oxygen atoms in total. The van der Waals surface area contributed by atoms with Gasteiger partial charge in [0.1, 0.15) is 18.7 Å². The van der Waals surface area contributed by atoms with Gasteiger partial charge in [0.15, 0.2) is 5.16 Å². The molecule has 3 aromatic rings. The summed E-state index contributed by atoms with van der Waals surface area (Å²) in [5.41, 5.74) is 0. The first-order chi connectivity index (χ1) is 12.8. The number of ether oxygens (including phenoxy) is 1. The Hall–Kier alpha value is -2.32. The molecule has 2 aromatic heterocycles. The summed E-state index contributed by atoms with van der Waals surface area (Å²) in [7, 11) is 0. The Morgan fingerprint density at radius 1 is 1.23 bits per heavy atom.